The van der Waals surface area contributed by atoms with Gasteiger partial charge in [0.1, 0.15) is 0 Å². The maximum absolute atomic E-state index is 2.38. The zero-order chi connectivity index (χ0) is 7.30. The fraction of sp³-hybridized carbons (Fsp3) is 0.800. The van der Waals surface area contributed by atoms with E-state index in [0.29, 0.717) is 0 Å². The Bertz CT molecular complexity index is 188. The topological polar surface area (TPSA) is 0 Å². The fourth-order valence-corrected chi connectivity index (χ4v) is 2.03. The summed E-state index contributed by atoms with van der Waals surface area (Å²) in [6.45, 7) is 7.08. The maximum atomic E-state index is 2.38. The van der Waals surface area contributed by atoms with Crippen LogP contribution in [0.3, 0.4) is 0 Å². The zero-order valence-electron chi connectivity index (χ0n) is 7.15. The van der Waals surface area contributed by atoms with Gasteiger partial charge in [-0.1, -0.05) is 31.9 Å². The van der Waals surface area contributed by atoms with Crippen LogP contribution in [0.4, 0.5) is 0 Å². The molecule has 0 saturated heterocycles. The Labute approximate surface area is 63.3 Å². The molecule has 3 unspecified atom stereocenters. The Hall–Kier alpha value is -0.260. The van der Waals surface area contributed by atoms with Crippen LogP contribution < -0.4 is 0 Å². The van der Waals surface area contributed by atoms with Gasteiger partial charge < -0.3 is 0 Å². The molecule has 2 rings (SSSR count). The summed E-state index contributed by atoms with van der Waals surface area (Å²) in [5.41, 5.74) is 3.60. The van der Waals surface area contributed by atoms with Crippen LogP contribution in [0.15, 0.2) is 11.1 Å². The van der Waals surface area contributed by atoms with Gasteiger partial charge in [0.05, 0.1) is 0 Å². The molecule has 10 heavy (non-hydrogen) atoms. The van der Waals surface area contributed by atoms with Crippen LogP contribution in [-0.2, 0) is 0 Å². The van der Waals surface area contributed by atoms with Gasteiger partial charge >= 0.3 is 0 Å². The molecule has 0 nitrogen and oxygen atoms in total. The molecule has 2 aliphatic rings. The highest BCUT2D eigenvalue weighted by Crippen LogP contribution is 2.50. The highest BCUT2D eigenvalue weighted by molar-refractivity contribution is 5.34. The van der Waals surface area contributed by atoms with E-state index in [-0.39, 0.29) is 0 Å². The molecule has 0 spiro atoms. The van der Waals surface area contributed by atoms with E-state index in [1.54, 1.807) is 11.1 Å². The molecule has 3 atom stereocenters. The third kappa shape index (κ3) is 0.744. The van der Waals surface area contributed by atoms with Crippen LogP contribution in [-0.4, -0.2) is 0 Å². The molecule has 0 heteroatoms. The van der Waals surface area contributed by atoms with Gasteiger partial charge in [-0.3, -0.25) is 0 Å². The Morgan fingerprint density at radius 2 is 1.60 bits per heavy atom. The van der Waals surface area contributed by atoms with E-state index in [9.17, 15) is 0 Å². The minimum absolute atomic E-state index is 0.917. The number of allylic oxidation sites excluding steroid dienone is 2. The quantitative estimate of drug-likeness (QED) is 0.449. The predicted octanol–water partition coefficient (Wildman–Crippen LogP) is 3.00. The van der Waals surface area contributed by atoms with Crippen LogP contribution in [0.25, 0.3) is 0 Å². The molecule has 2 fully saturated rings. The van der Waals surface area contributed by atoms with E-state index in [1.807, 2.05) is 0 Å². The highest BCUT2D eigenvalue weighted by Gasteiger charge is 2.37. The molecule has 0 amide bonds. The molecule has 0 aromatic rings. The molecular formula is C10H16. The molecule has 56 valence electrons. The van der Waals surface area contributed by atoms with Crippen LogP contribution in [0.1, 0.15) is 33.6 Å². The van der Waals surface area contributed by atoms with Crippen molar-refractivity contribution in [1.29, 1.82) is 0 Å². The van der Waals surface area contributed by atoms with Gasteiger partial charge in [-0.2, -0.15) is 0 Å². The third-order valence-corrected chi connectivity index (χ3v) is 3.32. The van der Waals surface area contributed by atoms with E-state index in [0.717, 1.165) is 17.8 Å². The molecule has 0 heterocycles. The third-order valence-electron chi connectivity index (χ3n) is 3.32. The van der Waals surface area contributed by atoms with Crippen molar-refractivity contribution in [3.63, 3.8) is 0 Å². The summed E-state index contributed by atoms with van der Waals surface area (Å²) in [5.74, 6) is 2.83. The van der Waals surface area contributed by atoms with Crippen LogP contribution in [0, 0.1) is 17.8 Å². The average molecular weight is 136 g/mol. The highest BCUT2D eigenvalue weighted by atomic mass is 14.4. The summed E-state index contributed by atoms with van der Waals surface area (Å²) < 4.78 is 0. The Balaban J connectivity index is 2.10. The molecule has 2 aliphatic carbocycles. The second kappa shape index (κ2) is 1.87. The first kappa shape index (κ1) is 6.45. The van der Waals surface area contributed by atoms with Gasteiger partial charge in [0.25, 0.3) is 0 Å². The summed E-state index contributed by atoms with van der Waals surface area (Å²) in [5, 5.41) is 0. The van der Waals surface area contributed by atoms with Gasteiger partial charge in [-0.15, -0.1) is 0 Å². The maximum Gasteiger partial charge on any atom is -0.0191 e. The first-order valence-electron chi connectivity index (χ1n) is 4.42. The second-order valence-corrected chi connectivity index (χ2v) is 4.13. The van der Waals surface area contributed by atoms with Crippen molar-refractivity contribution in [2.24, 2.45) is 17.8 Å². The van der Waals surface area contributed by atoms with Crippen LogP contribution in [0.5, 0.6) is 0 Å². The summed E-state index contributed by atoms with van der Waals surface area (Å²) in [6, 6.07) is 0. The van der Waals surface area contributed by atoms with Gasteiger partial charge in [-0.05, 0) is 30.6 Å². The molecule has 0 radical (unpaired) electrons. The lowest BCUT2D eigenvalue weighted by molar-refractivity contribution is 0.324. The molecule has 0 N–H and O–H groups in total. The van der Waals surface area contributed by atoms with Crippen LogP contribution >= 0.6 is 0 Å². The zero-order valence-corrected chi connectivity index (χ0v) is 7.15. The molecule has 2 saturated carbocycles. The SMILES string of the molecule is CC1CC1=C1CC(C)C1C. The normalized spacial score (nSPS) is 52.5. The lowest BCUT2D eigenvalue weighted by Gasteiger charge is -2.34. The Morgan fingerprint density at radius 1 is 1.00 bits per heavy atom. The number of hydrogen-bond acceptors (Lipinski definition) is 0. The lowest BCUT2D eigenvalue weighted by Crippen LogP contribution is -2.23. The van der Waals surface area contributed by atoms with Crippen molar-refractivity contribution in [3.8, 4) is 0 Å². The van der Waals surface area contributed by atoms with Crippen molar-refractivity contribution in [2.45, 2.75) is 33.6 Å². The second-order valence-electron chi connectivity index (χ2n) is 4.13. The minimum Gasteiger partial charge on any atom is -0.0673 e. The van der Waals surface area contributed by atoms with E-state index >= 15 is 0 Å². The first-order chi connectivity index (χ1) is 4.70. The largest absolute Gasteiger partial charge is 0.0673 e. The standard InChI is InChI=1S/C10H16/c1-6-4-10(8(6)3)9-5-7(9)2/h6-8H,4-5H2,1-3H3. The Kier molecular flexibility index (Phi) is 1.21. The van der Waals surface area contributed by atoms with E-state index in [1.165, 1.54) is 12.8 Å². The van der Waals surface area contributed by atoms with Crippen molar-refractivity contribution in [2.75, 3.05) is 0 Å². The monoisotopic (exact) mass is 136 g/mol. The van der Waals surface area contributed by atoms with Crippen molar-refractivity contribution in [1.82, 2.24) is 0 Å². The van der Waals surface area contributed by atoms with Crippen molar-refractivity contribution >= 4 is 0 Å². The smallest absolute Gasteiger partial charge is 0.0191 e. The summed E-state index contributed by atoms with van der Waals surface area (Å²) >= 11 is 0. The molecular weight excluding hydrogens is 120 g/mol. The van der Waals surface area contributed by atoms with Gasteiger partial charge in [0.15, 0.2) is 0 Å². The van der Waals surface area contributed by atoms with Crippen molar-refractivity contribution < 1.29 is 0 Å². The predicted molar refractivity (Wildman–Crippen MR) is 43.8 cm³/mol. The molecule has 0 aromatic carbocycles. The molecule has 0 aliphatic heterocycles. The Morgan fingerprint density at radius 3 is 1.90 bits per heavy atom. The van der Waals surface area contributed by atoms with E-state index < -0.39 is 0 Å². The minimum atomic E-state index is 0.917. The lowest BCUT2D eigenvalue weighted by atomic mass is 9.71. The van der Waals surface area contributed by atoms with Gasteiger partial charge in [0, 0.05) is 0 Å². The molecule has 0 bridgehead atoms. The first-order valence-corrected chi connectivity index (χ1v) is 4.42. The van der Waals surface area contributed by atoms with E-state index in [2.05, 4.69) is 20.8 Å². The van der Waals surface area contributed by atoms with Crippen LogP contribution in [0.2, 0.25) is 0 Å². The average Bonchev–Trinajstić information content (AvgIpc) is 2.60. The number of rotatable bonds is 0. The summed E-state index contributed by atoms with van der Waals surface area (Å²) in [4.78, 5) is 0. The van der Waals surface area contributed by atoms with Gasteiger partial charge in [0.2, 0.25) is 0 Å². The molecule has 0 aromatic heterocycles. The fourth-order valence-electron chi connectivity index (χ4n) is 2.03. The summed E-state index contributed by atoms with van der Waals surface area (Å²) in [6.07, 6.45) is 2.81. The van der Waals surface area contributed by atoms with Crippen molar-refractivity contribution in [3.05, 3.63) is 11.1 Å². The number of hydrogen-bond donors (Lipinski definition) is 0. The van der Waals surface area contributed by atoms with Gasteiger partial charge in [-0.25, -0.2) is 0 Å². The summed E-state index contributed by atoms with van der Waals surface area (Å²) in [7, 11) is 0. The van der Waals surface area contributed by atoms with E-state index in [4.69, 9.17) is 0 Å².